The van der Waals surface area contributed by atoms with Crippen LogP contribution >= 0.6 is 0 Å². The Morgan fingerprint density at radius 2 is 1.80 bits per heavy atom. The van der Waals surface area contributed by atoms with E-state index < -0.39 is 41.3 Å². The van der Waals surface area contributed by atoms with Crippen molar-refractivity contribution in [1.82, 2.24) is 25.2 Å². The molecule has 2 aliphatic rings. The fraction of sp³-hybridized carbons (Fsp3) is 0.526. The molecule has 13 nitrogen and oxygen atoms in total. The van der Waals surface area contributed by atoms with E-state index >= 15 is 0 Å². The molecule has 0 radical (unpaired) electrons. The third-order valence-corrected chi connectivity index (χ3v) is 14.0. The van der Waals surface area contributed by atoms with Crippen LogP contribution < -0.4 is 10.7 Å². The van der Waals surface area contributed by atoms with Crippen molar-refractivity contribution < 1.29 is 38.6 Å². The predicted molar refractivity (Wildman–Crippen MR) is 276 cm³/mol. The number of ether oxygens (including phenoxy) is 2. The molecule has 2 aliphatic heterocycles. The molecule has 0 saturated carbocycles. The lowest BCUT2D eigenvalue weighted by Crippen LogP contribution is -2.62. The predicted octanol–water partition coefficient (Wildman–Crippen LogP) is 9.14. The van der Waals surface area contributed by atoms with E-state index in [1.165, 1.54) is 23.6 Å². The Morgan fingerprint density at radius 3 is 2.51 bits per heavy atom. The number of amides is 3. The number of hydrogen-bond acceptors (Lipinski definition) is 9. The molecule has 1 aromatic heterocycles. The van der Waals surface area contributed by atoms with Crippen LogP contribution in [0.15, 0.2) is 73.3 Å². The standard InChI is InChI=1S/C57H77N5O8/c1-10-44(64)24-22-38(5)18-13-12-16-27-61(39(6)63)52(37(3)4)54(66)58-50-32-40-30-43(33-45(65)31-40)42-23-25-51-47(34-42)48(53(60(51)11-2)46-20-15-14-19-41(46)26-29-69-9)35-57(7,8)36-70-56(68)49-21-17-28-62(59-49)55(50)67/h10,14-15,19-20,23,25,30-31,33-34,37-38,49-50,52,59,65H,1,11-13,16-18,21-22,24,26-29,32,35-36H2,2-9H3,(H,58,66)/t38?,49-,50-,52-/m0/s1. The summed E-state index contributed by atoms with van der Waals surface area (Å²) in [5.41, 5.74) is 10.5. The van der Waals surface area contributed by atoms with Gasteiger partial charge >= 0.3 is 5.97 Å². The molecule has 6 bridgehead atoms. The molecule has 1 fully saturated rings. The molecule has 378 valence electrons. The van der Waals surface area contributed by atoms with Gasteiger partial charge in [0.2, 0.25) is 11.8 Å². The van der Waals surface area contributed by atoms with Crippen LogP contribution in [0.1, 0.15) is 117 Å². The van der Waals surface area contributed by atoms with Crippen molar-refractivity contribution in [2.45, 2.75) is 144 Å². The fourth-order valence-electron chi connectivity index (χ4n) is 10.3. The number of cyclic esters (lactones) is 1. The normalized spacial score (nSPS) is 18.2. The third kappa shape index (κ3) is 13.3. The van der Waals surface area contributed by atoms with Gasteiger partial charge in [0.05, 0.1) is 18.9 Å². The smallest absolute Gasteiger partial charge is 0.324 e. The molecule has 6 rings (SSSR count). The number of hydrogen-bond donors (Lipinski definition) is 3. The second kappa shape index (κ2) is 24.4. The van der Waals surface area contributed by atoms with Crippen LogP contribution in [0.25, 0.3) is 33.3 Å². The zero-order chi connectivity index (χ0) is 50.7. The number of benzene rings is 3. The number of phenolic OH excluding ortho intramolecular Hbond substituents is 1. The first-order valence-electron chi connectivity index (χ1n) is 25.5. The van der Waals surface area contributed by atoms with Gasteiger partial charge in [-0.25, -0.2) is 5.43 Å². The molecule has 13 heteroatoms. The van der Waals surface area contributed by atoms with Crippen LogP contribution in [-0.2, 0) is 59.3 Å². The third-order valence-electron chi connectivity index (χ3n) is 14.0. The average molecular weight is 960 g/mol. The van der Waals surface area contributed by atoms with Crippen molar-refractivity contribution in [3.63, 3.8) is 0 Å². The van der Waals surface area contributed by atoms with E-state index in [9.17, 15) is 29.1 Å². The number of nitrogens with zero attached hydrogens (tertiary/aromatic N) is 3. The van der Waals surface area contributed by atoms with Gasteiger partial charge < -0.3 is 29.4 Å². The molecule has 3 amide bonds. The summed E-state index contributed by atoms with van der Waals surface area (Å²) >= 11 is 0. The highest BCUT2D eigenvalue weighted by molar-refractivity contribution is 5.96. The summed E-state index contributed by atoms with van der Waals surface area (Å²) in [6, 6.07) is 17.3. The van der Waals surface area contributed by atoms with Crippen molar-refractivity contribution in [2.75, 3.05) is 33.4 Å². The number of aromatic nitrogens is 1. The number of esters is 1. The van der Waals surface area contributed by atoms with Gasteiger partial charge in [-0.1, -0.05) is 96.9 Å². The van der Waals surface area contributed by atoms with Gasteiger partial charge in [0.1, 0.15) is 23.9 Å². The largest absolute Gasteiger partial charge is 0.508 e. The average Bonchev–Trinajstić information content (AvgIpc) is 3.63. The fourth-order valence-corrected chi connectivity index (χ4v) is 10.3. The van der Waals surface area contributed by atoms with E-state index in [1.807, 2.05) is 19.9 Å². The minimum Gasteiger partial charge on any atom is -0.508 e. The maximum atomic E-state index is 14.8. The Labute approximate surface area is 415 Å². The molecule has 4 aromatic rings. The van der Waals surface area contributed by atoms with Crippen molar-refractivity contribution in [1.29, 1.82) is 0 Å². The molecule has 4 atom stereocenters. The zero-order valence-corrected chi connectivity index (χ0v) is 42.9. The lowest BCUT2D eigenvalue weighted by atomic mass is 9.83. The van der Waals surface area contributed by atoms with Gasteiger partial charge in [-0.2, -0.15) is 0 Å². The van der Waals surface area contributed by atoms with E-state index in [4.69, 9.17) is 9.47 Å². The zero-order valence-electron chi connectivity index (χ0n) is 42.9. The van der Waals surface area contributed by atoms with Crippen molar-refractivity contribution in [3.8, 4) is 28.1 Å². The number of methoxy groups -OCH3 is 1. The number of ketones is 1. The number of allylic oxidation sites excluding steroid dienone is 1. The summed E-state index contributed by atoms with van der Waals surface area (Å²) in [7, 11) is 1.71. The number of carbonyl (C=O) groups excluding carboxylic acids is 5. The van der Waals surface area contributed by atoms with E-state index in [0.717, 1.165) is 71.0 Å². The van der Waals surface area contributed by atoms with Gasteiger partial charge in [-0.05, 0) is 115 Å². The number of unbranched alkanes of at least 4 members (excludes halogenated alkanes) is 2. The first-order valence-corrected chi connectivity index (χ1v) is 25.5. The van der Waals surface area contributed by atoms with E-state index in [-0.39, 0.29) is 36.4 Å². The van der Waals surface area contributed by atoms with Crippen LogP contribution in [0.2, 0.25) is 0 Å². The number of phenols is 1. The second-order valence-electron chi connectivity index (χ2n) is 20.7. The number of rotatable bonds is 19. The van der Waals surface area contributed by atoms with Crippen LogP contribution in [0.3, 0.4) is 0 Å². The summed E-state index contributed by atoms with van der Waals surface area (Å²) in [6.45, 7) is 19.4. The quantitative estimate of drug-likeness (QED) is 0.0473. The Bertz CT molecular complexity index is 2510. The molecular formula is C57H77N5O8. The lowest BCUT2D eigenvalue weighted by molar-refractivity contribution is -0.155. The van der Waals surface area contributed by atoms with Gasteiger partial charge in [-0.15, -0.1) is 0 Å². The molecule has 1 unspecified atom stereocenters. The molecule has 3 N–H and O–H groups in total. The number of hydrazine groups is 1. The van der Waals surface area contributed by atoms with Crippen LogP contribution in [0, 0.1) is 17.3 Å². The SMILES string of the molecule is C=CC(=O)CCC(C)CCCCCN(C(C)=O)[C@H](C(=O)N[C@H]1Cc2cc(O)cc(c2)-c2ccc3c(c2)c(c(-c2ccccc2CCOC)n3CC)CC(C)(C)COC(=O)[C@@H]2CCCN(N2)C1=O)C(C)C. The Hall–Kier alpha value is -5.79. The first kappa shape index (κ1) is 53.6. The molecule has 70 heavy (non-hydrogen) atoms. The Balaban J connectivity index is 1.37. The highest BCUT2D eigenvalue weighted by Gasteiger charge is 2.38. The van der Waals surface area contributed by atoms with Crippen molar-refractivity contribution >= 4 is 40.4 Å². The van der Waals surface area contributed by atoms with Crippen molar-refractivity contribution in [3.05, 3.63) is 90.0 Å². The lowest BCUT2D eigenvalue weighted by Gasteiger charge is -2.37. The Kier molecular flexibility index (Phi) is 18.6. The first-order chi connectivity index (χ1) is 33.4. The highest BCUT2D eigenvalue weighted by Crippen LogP contribution is 2.41. The van der Waals surface area contributed by atoms with Gasteiger partial charge in [0, 0.05) is 68.4 Å². The minimum atomic E-state index is -1.12. The van der Waals surface area contributed by atoms with E-state index in [1.54, 1.807) is 24.1 Å². The molecule has 0 spiro atoms. The molecular weight excluding hydrogens is 883 g/mol. The Morgan fingerprint density at radius 1 is 1.03 bits per heavy atom. The van der Waals surface area contributed by atoms with Crippen LogP contribution in [0.5, 0.6) is 5.75 Å². The highest BCUT2D eigenvalue weighted by atomic mass is 16.5. The minimum absolute atomic E-state index is 0.0149. The summed E-state index contributed by atoms with van der Waals surface area (Å²) in [5, 5.41) is 16.9. The summed E-state index contributed by atoms with van der Waals surface area (Å²) in [4.78, 5) is 70.1. The second-order valence-corrected chi connectivity index (χ2v) is 20.7. The molecule has 3 heterocycles. The number of fused-ring (bicyclic) bond motifs is 6. The van der Waals surface area contributed by atoms with Crippen LogP contribution in [-0.4, -0.2) is 101 Å². The maximum absolute atomic E-state index is 14.8. The summed E-state index contributed by atoms with van der Waals surface area (Å²) in [5.74, 6) is -1.43. The number of carbonyl (C=O) groups is 5. The summed E-state index contributed by atoms with van der Waals surface area (Å²) in [6.07, 6.45) is 8.42. The van der Waals surface area contributed by atoms with Crippen LogP contribution in [0.4, 0.5) is 0 Å². The number of aromatic hydroxyl groups is 1. The number of nitrogens with one attached hydrogen (secondary N) is 2. The molecule has 0 aliphatic carbocycles. The monoisotopic (exact) mass is 960 g/mol. The van der Waals surface area contributed by atoms with E-state index in [2.05, 4.69) is 92.0 Å². The number of aryl methyl sites for hydroxylation is 1. The van der Waals surface area contributed by atoms with Gasteiger partial charge in [0.15, 0.2) is 5.78 Å². The summed E-state index contributed by atoms with van der Waals surface area (Å²) < 4.78 is 14.0. The van der Waals surface area contributed by atoms with E-state index in [0.29, 0.717) is 69.8 Å². The van der Waals surface area contributed by atoms with Gasteiger partial charge in [-0.3, -0.25) is 29.0 Å². The molecule has 3 aromatic carbocycles. The topological polar surface area (TPSA) is 160 Å². The van der Waals surface area contributed by atoms with Crippen molar-refractivity contribution in [2.24, 2.45) is 17.3 Å². The maximum Gasteiger partial charge on any atom is 0.324 e. The van der Waals surface area contributed by atoms with Gasteiger partial charge in [0.25, 0.3) is 5.91 Å². The molecule has 1 saturated heterocycles.